The predicted molar refractivity (Wildman–Crippen MR) is 78.0 cm³/mol. The van der Waals surface area contributed by atoms with Crippen LogP contribution in [0.1, 0.15) is 38.5 Å². The second-order valence-electron chi connectivity index (χ2n) is 5.64. The third kappa shape index (κ3) is 4.29. The highest BCUT2D eigenvalue weighted by Gasteiger charge is 2.32. The summed E-state index contributed by atoms with van der Waals surface area (Å²) in [6.07, 6.45) is 8.95. The highest BCUT2D eigenvalue weighted by atomic mass is 16.4. The number of amides is 1. The summed E-state index contributed by atoms with van der Waals surface area (Å²) < 4.78 is 1.28. The van der Waals surface area contributed by atoms with Crippen LogP contribution in [0.25, 0.3) is 0 Å². The lowest BCUT2D eigenvalue weighted by atomic mass is 9.79. The van der Waals surface area contributed by atoms with Crippen molar-refractivity contribution < 1.29 is 14.7 Å². The first-order chi connectivity index (χ1) is 10.0. The summed E-state index contributed by atoms with van der Waals surface area (Å²) in [5, 5.41) is 18.7. The van der Waals surface area contributed by atoms with Gasteiger partial charge in [0, 0.05) is 18.2 Å². The monoisotopic (exact) mass is 294 g/mol. The van der Waals surface area contributed by atoms with Crippen molar-refractivity contribution in [2.24, 2.45) is 0 Å². The molecular weight excluding hydrogens is 272 g/mol. The summed E-state index contributed by atoms with van der Waals surface area (Å²) in [7, 11) is 1.91. The zero-order valence-corrected chi connectivity index (χ0v) is 12.3. The third-order valence-electron chi connectivity index (χ3n) is 4.05. The summed E-state index contributed by atoms with van der Waals surface area (Å²) in [6.45, 7) is -0.212. The molecule has 1 aliphatic carbocycles. The van der Waals surface area contributed by atoms with Crippen molar-refractivity contribution >= 4 is 17.6 Å². The van der Waals surface area contributed by atoms with Crippen LogP contribution in [0.2, 0.25) is 0 Å². The fraction of sp³-hybridized carbons (Fsp3) is 0.643. The number of nitrogens with zero attached hydrogens (tertiary/aromatic N) is 2. The fourth-order valence-corrected chi connectivity index (χ4v) is 2.91. The minimum Gasteiger partial charge on any atom is -0.480 e. The molecule has 0 bridgehead atoms. The number of anilines is 1. The first-order valence-electron chi connectivity index (χ1n) is 7.26. The van der Waals surface area contributed by atoms with E-state index in [-0.39, 0.29) is 18.0 Å². The van der Waals surface area contributed by atoms with Gasteiger partial charge < -0.3 is 15.7 Å². The third-order valence-corrected chi connectivity index (χ3v) is 4.05. The molecule has 0 radical (unpaired) electrons. The minimum atomic E-state index is -0.965. The second-order valence-corrected chi connectivity index (χ2v) is 5.64. The molecule has 0 aromatic carbocycles. The van der Waals surface area contributed by atoms with Gasteiger partial charge in [-0.05, 0) is 19.9 Å². The molecule has 1 aromatic heterocycles. The van der Waals surface area contributed by atoms with E-state index in [0.717, 1.165) is 25.7 Å². The molecule has 0 atom stereocenters. The van der Waals surface area contributed by atoms with E-state index in [0.29, 0.717) is 12.1 Å². The van der Waals surface area contributed by atoms with Gasteiger partial charge in [-0.1, -0.05) is 19.3 Å². The molecule has 1 aliphatic rings. The van der Waals surface area contributed by atoms with Crippen LogP contribution < -0.4 is 10.6 Å². The maximum atomic E-state index is 12.2. The van der Waals surface area contributed by atoms with E-state index in [1.54, 1.807) is 0 Å². The van der Waals surface area contributed by atoms with E-state index >= 15 is 0 Å². The minimum absolute atomic E-state index is 0.0684. The van der Waals surface area contributed by atoms with Crippen LogP contribution in [-0.4, -0.2) is 39.4 Å². The number of hydrogen-bond donors (Lipinski definition) is 3. The van der Waals surface area contributed by atoms with Crippen molar-refractivity contribution in [1.82, 2.24) is 15.1 Å². The van der Waals surface area contributed by atoms with E-state index in [1.807, 2.05) is 7.05 Å². The second kappa shape index (κ2) is 6.71. The molecule has 0 spiro atoms. The van der Waals surface area contributed by atoms with Gasteiger partial charge in [-0.25, -0.2) is 0 Å². The van der Waals surface area contributed by atoms with Gasteiger partial charge >= 0.3 is 5.97 Å². The van der Waals surface area contributed by atoms with E-state index in [9.17, 15) is 9.59 Å². The largest absolute Gasteiger partial charge is 0.480 e. The molecule has 116 valence electrons. The summed E-state index contributed by atoms with van der Waals surface area (Å²) in [6, 6.07) is 0. The van der Waals surface area contributed by atoms with Crippen molar-refractivity contribution in [1.29, 1.82) is 0 Å². The molecule has 0 saturated heterocycles. The Kier molecular flexibility index (Phi) is 4.95. The van der Waals surface area contributed by atoms with Crippen molar-refractivity contribution in [3.63, 3.8) is 0 Å². The Morgan fingerprint density at radius 3 is 2.71 bits per heavy atom. The molecule has 21 heavy (non-hydrogen) atoms. The first-order valence-corrected chi connectivity index (χ1v) is 7.26. The molecular formula is C14H22N4O3. The average Bonchev–Trinajstić information content (AvgIpc) is 2.85. The number of carboxylic acids is 1. The molecule has 0 aliphatic heterocycles. The van der Waals surface area contributed by atoms with Crippen LogP contribution in [0.15, 0.2) is 12.4 Å². The van der Waals surface area contributed by atoms with Gasteiger partial charge in [0.25, 0.3) is 0 Å². The lowest BCUT2D eigenvalue weighted by molar-refractivity contribution is -0.137. The van der Waals surface area contributed by atoms with Crippen LogP contribution >= 0.6 is 0 Å². The van der Waals surface area contributed by atoms with Crippen molar-refractivity contribution in [2.75, 3.05) is 12.4 Å². The number of nitrogens with one attached hydrogen (secondary N) is 2. The number of carbonyl (C=O) groups excluding carboxylic acids is 1. The highest BCUT2D eigenvalue weighted by molar-refractivity contribution is 5.91. The predicted octanol–water partition coefficient (Wildman–Crippen LogP) is 1.22. The Labute approximate surface area is 123 Å². The van der Waals surface area contributed by atoms with Crippen LogP contribution in [0.5, 0.6) is 0 Å². The van der Waals surface area contributed by atoms with Gasteiger partial charge in [0.1, 0.15) is 6.54 Å². The fourth-order valence-electron chi connectivity index (χ4n) is 2.91. The van der Waals surface area contributed by atoms with E-state index in [1.165, 1.54) is 23.5 Å². The maximum Gasteiger partial charge on any atom is 0.325 e. The quantitative estimate of drug-likeness (QED) is 0.733. The van der Waals surface area contributed by atoms with Gasteiger partial charge in [-0.3, -0.25) is 14.3 Å². The Hall–Kier alpha value is -1.89. The van der Waals surface area contributed by atoms with E-state index in [4.69, 9.17) is 5.11 Å². The number of carboxylic acid groups (broad SMARTS) is 1. The number of aliphatic carboxylic acids is 1. The number of hydrogen-bond acceptors (Lipinski definition) is 4. The SMILES string of the molecule is CNC1(CC(=O)Nc2cnn(CC(=O)O)c2)CCCCC1. The van der Waals surface area contributed by atoms with Crippen molar-refractivity contribution in [3.8, 4) is 0 Å². The molecule has 2 rings (SSSR count). The van der Waals surface area contributed by atoms with Gasteiger partial charge in [-0.2, -0.15) is 5.10 Å². The first kappa shape index (κ1) is 15.5. The number of carbonyl (C=O) groups is 2. The standard InChI is InChI=1S/C14H22N4O3/c1-15-14(5-3-2-4-6-14)7-12(19)17-11-8-16-18(9-11)10-13(20)21/h8-9,15H,2-7,10H2,1H3,(H,17,19)(H,20,21). The molecule has 7 heteroatoms. The molecule has 1 aromatic rings. The van der Waals surface area contributed by atoms with Crippen LogP contribution in [-0.2, 0) is 16.1 Å². The van der Waals surface area contributed by atoms with E-state index in [2.05, 4.69) is 15.7 Å². The Morgan fingerprint density at radius 2 is 2.10 bits per heavy atom. The zero-order valence-electron chi connectivity index (χ0n) is 12.3. The molecule has 1 saturated carbocycles. The van der Waals surface area contributed by atoms with Crippen LogP contribution in [0.3, 0.4) is 0 Å². The van der Waals surface area contributed by atoms with Crippen LogP contribution in [0.4, 0.5) is 5.69 Å². The summed E-state index contributed by atoms with van der Waals surface area (Å²) in [5.41, 5.74) is 0.419. The molecule has 1 amide bonds. The average molecular weight is 294 g/mol. The number of aromatic nitrogens is 2. The Morgan fingerprint density at radius 1 is 1.38 bits per heavy atom. The topological polar surface area (TPSA) is 96.3 Å². The maximum absolute atomic E-state index is 12.2. The highest BCUT2D eigenvalue weighted by Crippen LogP contribution is 2.30. The van der Waals surface area contributed by atoms with Crippen LogP contribution in [0, 0.1) is 0 Å². The lowest BCUT2D eigenvalue weighted by Gasteiger charge is -2.36. The summed E-state index contributed by atoms with van der Waals surface area (Å²) in [4.78, 5) is 22.8. The van der Waals surface area contributed by atoms with Crippen molar-refractivity contribution in [3.05, 3.63) is 12.4 Å². The normalized spacial score (nSPS) is 17.4. The molecule has 1 fully saturated rings. The summed E-state index contributed by atoms with van der Waals surface area (Å²) >= 11 is 0. The lowest BCUT2D eigenvalue weighted by Crippen LogP contribution is -2.47. The Bertz CT molecular complexity index is 506. The van der Waals surface area contributed by atoms with Gasteiger partial charge in [0.05, 0.1) is 11.9 Å². The summed E-state index contributed by atoms with van der Waals surface area (Å²) in [5.74, 6) is -1.03. The molecule has 3 N–H and O–H groups in total. The van der Waals surface area contributed by atoms with Crippen molar-refractivity contribution in [2.45, 2.75) is 50.6 Å². The zero-order chi connectivity index (χ0) is 15.3. The molecule has 0 unspecified atom stereocenters. The van der Waals surface area contributed by atoms with Gasteiger partial charge in [0.15, 0.2) is 0 Å². The van der Waals surface area contributed by atoms with Gasteiger partial charge in [-0.15, -0.1) is 0 Å². The molecule has 7 nitrogen and oxygen atoms in total. The smallest absolute Gasteiger partial charge is 0.325 e. The Balaban J connectivity index is 1.91. The molecule has 1 heterocycles. The number of rotatable bonds is 6. The van der Waals surface area contributed by atoms with Gasteiger partial charge in [0.2, 0.25) is 5.91 Å². The van der Waals surface area contributed by atoms with E-state index < -0.39 is 5.97 Å².